The van der Waals surface area contributed by atoms with Crippen molar-refractivity contribution in [3.63, 3.8) is 0 Å². The second-order valence-electron chi connectivity index (χ2n) is 3.71. The summed E-state index contributed by atoms with van der Waals surface area (Å²) in [6.07, 6.45) is 0.906. The lowest BCUT2D eigenvalue weighted by Crippen LogP contribution is -2.37. The zero-order chi connectivity index (χ0) is 12.8. The number of nitrogens with one attached hydrogen (secondary N) is 1. The maximum absolute atomic E-state index is 10.6. The molecule has 0 radical (unpaired) electrons. The lowest BCUT2D eigenvalue weighted by atomic mass is 10.1. The van der Waals surface area contributed by atoms with Crippen LogP contribution in [0.4, 0.5) is 5.69 Å². The highest BCUT2D eigenvalue weighted by Crippen LogP contribution is 2.25. The summed E-state index contributed by atoms with van der Waals surface area (Å²) in [4.78, 5) is 10.6. The van der Waals surface area contributed by atoms with Crippen molar-refractivity contribution < 1.29 is 14.6 Å². The fourth-order valence-electron chi connectivity index (χ4n) is 1.42. The lowest BCUT2D eigenvalue weighted by Gasteiger charge is -2.14. The Kier molecular flexibility index (Phi) is 4.78. The van der Waals surface area contributed by atoms with Gasteiger partial charge in [0.2, 0.25) is 0 Å². The average molecular weight is 238 g/mol. The van der Waals surface area contributed by atoms with Gasteiger partial charge in [0.05, 0.1) is 12.8 Å². The van der Waals surface area contributed by atoms with E-state index in [1.807, 2.05) is 18.2 Å². The van der Waals surface area contributed by atoms with Crippen LogP contribution >= 0.6 is 0 Å². The Morgan fingerprint density at radius 3 is 2.82 bits per heavy atom. The van der Waals surface area contributed by atoms with Gasteiger partial charge < -0.3 is 20.9 Å². The number of rotatable bonds is 6. The average Bonchev–Trinajstić information content (AvgIpc) is 2.35. The van der Waals surface area contributed by atoms with Crippen LogP contribution in [0.5, 0.6) is 5.75 Å². The van der Waals surface area contributed by atoms with Crippen molar-refractivity contribution in [2.24, 2.45) is 5.73 Å². The van der Waals surface area contributed by atoms with E-state index in [2.05, 4.69) is 12.2 Å². The monoisotopic (exact) mass is 238 g/mol. The quantitative estimate of drug-likeness (QED) is 0.690. The fraction of sp³-hybridized carbons (Fsp3) is 0.417. The third kappa shape index (κ3) is 3.64. The molecule has 4 N–H and O–H groups in total. The van der Waals surface area contributed by atoms with Gasteiger partial charge in [0.25, 0.3) is 0 Å². The van der Waals surface area contributed by atoms with E-state index in [0.717, 1.165) is 17.7 Å². The first-order valence-electron chi connectivity index (χ1n) is 5.47. The highest BCUT2D eigenvalue weighted by atomic mass is 16.5. The number of aliphatic carboxylic acids is 1. The Bertz CT molecular complexity index is 393. The predicted octanol–water partition coefficient (Wildman–Crippen LogP) is 1.08. The van der Waals surface area contributed by atoms with Crippen LogP contribution < -0.4 is 15.8 Å². The maximum atomic E-state index is 10.6. The summed E-state index contributed by atoms with van der Waals surface area (Å²) in [5.74, 6) is -0.345. The molecule has 1 unspecified atom stereocenters. The summed E-state index contributed by atoms with van der Waals surface area (Å²) in [7, 11) is 1.57. The molecule has 0 heterocycles. The zero-order valence-corrected chi connectivity index (χ0v) is 10.1. The molecule has 5 nitrogen and oxygen atoms in total. The third-order valence-corrected chi connectivity index (χ3v) is 2.50. The maximum Gasteiger partial charge on any atom is 0.322 e. The van der Waals surface area contributed by atoms with Crippen molar-refractivity contribution in [2.75, 3.05) is 19.0 Å². The van der Waals surface area contributed by atoms with Gasteiger partial charge in [-0.1, -0.05) is 13.0 Å². The smallest absolute Gasteiger partial charge is 0.322 e. The van der Waals surface area contributed by atoms with Crippen molar-refractivity contribution in [1.82, 2.24) is 0 Å². The molecular formula is C12H18N2O3. The molecule has 1 atom stereocenters. The highest BCUT2D eigenvalue weighted by molar-refractivity contribution is 5.74. The van der Waals surface area contributed by atoms with Crippen LogP contribution in [-0.2, 0) is 11.2 Å². The van der Waals surface area contributed by atoms with E-state index in [9.17, 15) is 4.79 Å². The number of hydrogen-bond acceptors (Lipinski definition) is 4. The van der Waals surface area contributed by atoms with Gasteiger partial charge in [0.1, 0.15) is 11.8 Å². The standard InChI is InChI=1S/C12H18N2O3/c1-3-8-4-5-11(17-2)10(6-8)14-7-9(13)12(15)16/h4-6,9,14H,3,7,13H2,1-2H3,(H,15,16). The molecule has 0 spiro atoms. The molecule has 94 valence electrons. The first kappa shape index (κ1) is 13.3. The highest BCUT2D eigenvalue weighted by Gasteiger charge is 2.12. The van der Waals surface area contributed by atoms with Gasteiger partial charge in [-0.3, -0.25) is 4.79 Å². The Balaban J connectivity index is 2.77. The summed E-state index contributed by atoms with van der Waals surface area (Å²) in [5.41, 5.74) is 7.34. The van der Waals surface area contributed by atoms with Crippen molar-refractivity contribution in [3.05, 3.63) is 23.8 Å². The normalized spacial score (nSPS) is 11.9. The van der Waals surface area contributed by atoms with Gasteiger partial charge in [-0.25, -0.2) is 0 Å². The molecule has 0 saturated heterocycles. The summed E-state index contributed by atoms with van der Waals surface area (Å²) in [6.45, 7) is 2.22. The predicted molar refractivity (Wildman–Crippen MR) is 66.5 cm³/mol. The summed E-state index contributed by atoms with van der Waals surface area (Å²) in [6, 6.07) is 4.84. The van der Waals surface area contributed by atoms with Gasteiger partial charge >= 0.3 is 5.97 Å². The summed E-state index contributed by atoms with van der Waals surface area (Å²) >= 11 is 0. The Hall–Kier alpha value is -1.75. The SMILES string of the molecule is CCc1ccc(OC)c(NCC(N)C(=O)O)c1. The number of aryl methyl sites for hydroxylation is 1. The second-order valence-corrected chi connectivity index (χ2v) is 3.71. The van der Waals surface area contributed by atoms with Gasteiger partial charge in [0.15, 0.2) is 0 Å². The van der Waals surface area contributed by atoms with Crippen LogP contribution in [0.3, 0.4) is 0 Å². The Labute approximate surface area is 101 Å². The molecule has 0 aliphatic carbocycles. The van der Waals surface area contributed by atoms with Crippen LogP contribution in [-0.4, -0.2) is 30.8 Å². The minimum atomic E-state index is -1.02. The van der Waals surface area contributed by atoms with Crippen LogP contribution in [0, 0.1) is 0 Å². The van der Waals surface area contributed by atoms with Crippen LogP contribution in [0.2, 0.25) is 0 Å². The van der Waals surface area contributed by atoms with E-state index in [0.29, 0.717) is 5.75 Å². The number of benzene rings is 1. The Morgan fingerprint density at radius 1 is 1.59 bits per heavy atom. The first-order valence-corrected chi connectivity index (χ1v) is 5.47. The van der Waals surface area contributed by atoms with E-state index in [1.54, 1.807) is 7.11 Å². The molecule has 5 heteroatoms. The van der Waals surface area contributed by atoms with Gasteiger partial charge in [-0.05, 0) is 24.1 Å². The number of methoxy groups -OCH3 is 1. The molecule has 0 aliphatic heterocycles. The zero-order valence-electron chi connectivity index (χ0n) is 10.1. The first-order chi connectivity index (χ1) is 8.08. The minimum absolute atomic E-state index is 0.166. The molecule has 1 aromatic carbocycles. The molecule has 17 heavy (non-hydrogen) atoms. The van der Waals surface area contributed by atoms with Crippen LogP contribution in [0.1, 0.15) is 12.5 Å². The number of carbonyl (C=O) groups is 1. The van der Waals surface area contributed by atoms with E-state index >= 15 is 0 Å². The minimum Gasteiger partial charge on any atom is -0.495 e. The molecule has 1 aromatic rings. The van der Waals surface area contributed by atoms with Crippen molar-refractivity contribution >= 4 is 11.7 Å². The third-order valence-electron chi connectivity index (χ3n) is 2.50. The van der Waals surface area contributed by atoms with Crippen molar-refractivity contribution in [2.45, 2.75) is 19.4 Å². The summed E-state index contributed by atoms with van der Waals surface area (Å²) in [5, 5.41) is 11.7. The molecular weight excluding hydrogens is 220 g/mol. The van der Waals surface area contributed by atoms with Gasteiger partial charge in [-0.15, -0.1) is 0 Å². The Morgan fingerprint density at radius 2 is 2.29 bits per heavy atom. The molecule has 0 aromatic heterocycles. The molecule has 0 bridgehead atoms. The van der Waals surface area contributed by atoms with E-state index in [-0.39, 0.29) is 6.54 Å². The molecule has 0 saturated carbocycles. The largest absolute Gasteiger partial charge is 0.495 e. The number of anilines is 1. The fourth-order valence-corrected chi connectivity index (χ4v) is 1.42. The molecule has 1 rings (SSSR count). The van der Waals surface area contributed by atoms with Crippen molar-refractivity contribution in [1.29, 1.82) is 0 Å². The van der Waals surface area contributed by atoms with Gasteiger partial charge in [-0.2, -0.15) is 0 Å². The molecule has 0 fully saturated rings. The van der Waals surface area contributed by atoms with Crippen LogP contribution in [0.25, 0.3) is 0 Å². The van der Waals surface area contributed by atoms with Crippen LogP contribution in [0.15, 0.2) is 18.2 Å². The van der Waals surface area contributed by atoms with E-state index in [4.69, 9.17) is 15.6 Å². The van der Waals surface area contributed by atoms with E-state index < -0.39 is 12.0 Å². The number of ether oxygens (including phenoxy) is 1. The number of carboxylic acids is 1. The summed E-state index contributed by atoms with van der Waals surface area (Å²) < 4.78 is 5.19. The number of nitrogens with two attached hydrogens (primary N) is 1. The van der Waals surface area contributed by atoms with Gasteiger partial charge in [0, 0.05) is 6.54 Å². The molecule has 0 amide bonds. The topological polar surface area (TPSA) is 84.6 Å². The lowest BCUT2D eigenvalue weighted by molar-refractivity contribution is -0.138. The molecule has 0 aliphatic rings. The second kappa shape index (κ2) is 6.10. The van der Waals surface area contributed by atoms with E-state index in [1.165, 1.54) is 0 Å². The number of carboxylic acid groups (broad SMARTS) is 1. The number of hydrogen-bond donors (Lipinski definition) is 3. The van der Waals surface area contributed by atoms with Crippen molar-refractivity contribution in [3.8, 4) is 5.75 Å².